The predicted molar refractivity (Wildman–Crippen MR) is 56.0 cm³/mol. The molecule has 0 aromatic heterocycles. The minimum atomic E-state index is 0.283. The van der Waals surface area contributed by atoms with Gasteiger partial charge in [-0.1, -0.05) is 33.8 Å². The molecule has 1 rings (SSSR count). The van der Waals surface area contributed by atoms with Gasteiger partial charge in [-0.2, -0.15) is 5.26 Å². The van der Waals surface area contributed by atoms with Crippen molar-refractivity contribution in [2.24, 2.45) is 0 Å². The summed E-state index contributed by atoms with van der Waals surface area (Å²) in [7, 11) is 0. The van der Waals surface area contributed by atoms with Crippen LogP contribution in [0.1, 0.15) is 17.5 Å². The van der Waals surface area contributed by atoms with Crippen LogP contribution in [0.5, 0.6) is 0 Å². The van der Waals surface area contributed by atoms with Gasteiger partial charge < -0.3 is 0 Å². The van der Waals surface area contributed by atoms with E-state index in [1.165, 1.54) is 5.56 Å². The second-order valence-electron chi connectivity index (χ2n) is 2.60. The van der Waals surface area contributed by atoms with E-state index in [4.69, 9.17) is 5.26 Å². The van der Waals surface area contributed by atoms with Gasteiger partial charge in [-0.3, -0.25) is 0 Å². The van der Waals surface area contributed by atoms with E-state index >= 15 is 0 Å². The number of halogens is 1. The van der Waals surface area contributed by atoms with Crippen molar-refractivity contribution >= 4 is 15.9 Å². The Morgan fingerprint density at radius 2 is 2.23 bits per heavy atom. The standard InChI is InChI=1S/C11H8BrN/c1-9-5-6-10(8-11(9)12)4-2-3-7-13/h5-6,8H,3H2,1H3. The highest BCUT2D eigenvalue weighted by Crippen LogP contribution is 2.16. The highest BCUT2D eigenvalue weighted by molar-refractivity contribution is 9.10. The van der Waals surface area contributed by atoms with E-state index < -0.39 is 0 Å². The van der Waals surface area contributed by atoms with Crippen molar-refractivity contribution in [3.63, 3.8) is 0 Å². The molecular formula is C11H8BrN. The summed E-state index contributed by atoms with van der Waals surface area (Å²) in [6, 6.07) is 7.89. The maximum absolute atomic E-state index is 8.28. The lowest BCUT2D eigenvalue weighted by Gasteiger charge is -1.96. The molecule has 0 saturated heterocycles. The highest BCUT2D eigenvalue weighted by atomic mass is 79.9. The van der Waals surface area contributed by atoms with Crippen LogP contribution < -0.4 is 0 Å². The molecule has 0 aliphatic carbocycles. The molecule has 0 saturated carbocycles. The van der Waals surface area contributed by atoms with Crippen LogP contribution in [-0.2, 0) is 0 Å². The van der Waals surface area contributed by atoms with Crippen molar-refractivity contribution in [3.8, 4) is 17.9 Å². The molecule has 64 valence electrons. The molecule has 0 amide bonds. The molecule has 0 heterocycles. The van der Waals surface area contributed by atoms with Crippen molar-refractivity contribution in [2.75, 3.05) is 0 Å². The number of hydrogen-bond acceptors (Lipinski definition) is 1. The van der Waals surface area contributed by atoms with Gasteiger partial charge in [0.15, 0.2) is 0 Å². The van der Waals surface area contributed by atoms with Crippen molar-refractivity contribution < 1.29 is 0 Å². The lowest BCUT2D eigenvalue weighted by molar-refractivity contribution is 1.39. The van der Waals surface area contributed by atoms with Gasteiger partial charge >= 0.3 is 0 Å². The molecule has 1 nitrogen and oxygen atoms in total. The van der Waals surface area contributed by atoms with E-state index in [-0.39, 0.29) is 6.42 Å². The van der Waals surface area contributed by atoms with Gasteiger partial charge in [0.2, 0.25) is 0 Å². The molecule has 1 aromatic rings. The van der Waals surface area contributed by atoms with Gasteiger partial charge in [-0.15, -0.1) is 0 Å². The van der Waals surface area contributed by atoms with Crippen LogP contribution in [0.3, 0.4) is 0 Å². The molecule has 0 unspecified atom stereocenters. The zero-order valence-electron chi connectivity index (χ0n) is 7.26. The first-order valence-corrected chi connectivity index (χ1v) is 4.65. The largest absolute Gasteiger partial charge is 0.197 e. The zero-order chi connectivity index (χ0) is 9.68. The molecule has 0 aliphatic heterocycles. The van der Waals surface area contributed by atoms with Gasteiger partial charge in [-0.05, 0) is 24.6 Å². The summed E-state index contributed by atoms with van der Waals surface area (Å²) in [5.41, 5.74) is 2.12. The summed E-state index contributed by atoms with van der Waals surface area (Å²) in [4.78, 5) is 0. The summed E-state index contributed by atoms with van der Waals surface area (Å²) in [6.45, 7) is 2.02. The minimum absolute atomic E-state index is 0.283. The van der Waals surface area contributed by atoms with Gasteiger partial charge in [0, 0.05) is 10.0 Å². The molecule has 0 fully saturated rings. The van der Waals surface area contributed by atoms with Gasteiger partial charge in [0.05, 0.1) is 12.5 Å². The van der Waals surface area contributed by atoms with Crippen LogP contribution in [0.15, 0.2) is 22.7 Å². The lowest BCUT2D eigenvalue weighted by Crippen LogP contribution is -1.78. The fourth-order valence-electron chi connectivity index (χ4n) is 0.856. The smallest absolute Gasteiger partial charge is 0.0966 e. The van der Waals surface area contributed by atoms with Gasteiger partial charge in [-0.25, -0.2) is 0 Å². The Morgan fingerprint density at radius 1 is 1.46 bits per heavy atom. The van der Waals surface area contributed by atoms with E-state index in [0.29, 0.717) is 0 Å². The number of nitriles is 1. The first kappa shape index (κ1) is 9.84. The van der Waals surface area contributed by atoms with E-state index in [1.807, 2.05) is 31.2 Å². The van der Waals surface area contributed by atoms with Crippen LogP contribution in [0.2, 0.25) is 0 Å². The average molecular weight is 234 g/mol. The SMILES string of the molecule is Cc1ccc(C#CCC#N)cc1Br. The van der Waals surface area contributed by atoms with Crippen LogP contribution >= 0.6 is 15.9 Å². The summed E-state index contributed by atoms with van der Waals surface area (Å²) < 4.78 is 1.05. The van der Waals surface area contributed by atoms with Crippen molar-refractivity contribution in [1.82, 2.24) is 0 Å². The monoisotopic (exact) mass is 233 g/mol. The van der Waals surface area contributed by atoms with E-state index in [0.717, 1.165) is 10.0 Å². The second-order valence-corrected chi connectivity index (χ2v) is 3.45. The fourth-order valence-corrected chi connectivity index (χ4v) is 1.24. The van der Waals surface area contributed by atoms with Crippen LogP contribution in [-0.4, -0.2) is 0 Å². The van der Waals surface area contributed by atoms with E-state index in [1.54, 1.807) is 0 Å². The molecule has 0 radical (unpaired) electrons. The first-order valence-electron chi connectivity index (χ1n) is 3.86. The number of rotatable bonds is 0. The third-order valence-corrected chi connectivity index (χ3v) is 2.43. The number of hydrogen-bond donors (Lipinski definition) is 0. The average Bonchev–Trinajstić information content (AvgIpc) is 2.12. The second kappa shape index (κ2) is 4.70. The first-order chi connectivity index (χ1) is 6.24. The molecular weight excluding hydrogens is 226 g/mol. The Hall–Kier alpha value is -1.25. The van der Waals surface area contributed by atoms with E-state index in [9.17, 15) is 0 Å². The Balaban J connectivity index is 2.89. The van der Waals surface area contributed by atoms with Gasteiger partial charge in [0.25, 0.3) is 0 Å². The third kappa shape index (κ3) is 2.93. The third-order valence-electron chi connectivity index (χ3n) is 1.57. The summed E-state index contributed by atoms with van der Waals surface area (Å²) in [5.74, 6) is 5.68. The Bertz CT molecular complexity index is 404. The maximum Gasteiger partial charge on any atom is 0.0966 e. The summed E-state index contributed by atoms with van der Waals surface area (Å²) in [5, 5.41) is 8.28. The van der Waals surface area contributed by atoms with Crippen molar-refractivity contribution in [3.05, 3.63) is 33.8 Å². The molecule has 0 atom stereocenters. The van der Waals surface area contributed by atoms with Crippen LogP contribution in [0, 0.1) is 30.1 Å². The number of nitrogens with zero attached hydrogens (tertiary/aromatic N) is 1. The molecule has 13 heavy (non-hydrogen) atoms. The zero-order valence-corrected chi connectivity index (χ0v) is 8.85. The Kier molecular flexibility index (Phi) is 3.55. The van der Waals surface area contributed by atoms with E-state index in [2.05, 4.69) is 27.8 Å². The summed E-state index contributed by atoms with van der Waals surface area (Å²) in [6.07, 6.45) is 0.283. The molecule has 0 N–H and O–H groups in total. The van der Waals surface area contributed by atoms with Crippen molar-refractivity contribution in [2.45, 2.75) is 13.3 Å². The normalized spacial score (nSPS) is 8.38. The lowest BCUT2D eigenvalue weighted by atomic mass is 10.1. The predicted octanol–water partition coefficient (Wildman–Crippen LogP) is 3.02. The number of aryl methyl sites for hydroxylation is 1. The highest BCUT2D eigenvalue weighted by Gasteiger charge is 1.93. The maximum atomic E-state index is 8.28. The fraction of sp³-hybridized carbons (Fsp3) is 0.182. The quantitative estimate of drug-likeness (QED) is 0.633. The summed E-state index contributed by atoms with van der Waals surface area (Å²) >= 11 is 3.42. The number of benzene rings is 1. The van der Waals surface area contributed by atoms with Crippen LogP contribution in [0.4, 0.5) is 0 Å². The Morgan fingerprint density at radius 3 is 2.85 bits per heavy atom. The molecule has 0 bridgehead atoms. The Labute approximate surface area is 86.5 Å². The molecule has 1 aromatic carbocycles. The minimum Gasteiger partial charge on any atom is -0.197 e. The topological polar surface area (TPSA) is 23.8 Å². The van der Waals surface area contributed by atoms with Gasteiger partial charge in [0.1, 0.15) is 0 Å². The molecule has 2 heteroatoms. The van der Waals surface area contributed by atoms with Crippen LogP contribution in [0.25, 0.3) is 0 Å². The molecule has 0 aliphatic rings. The van der Waals surface area contributed by atoms with Crippen molar-refractivity contribution in [1.29, 1.82) is 5.26 Å². The molecule has 0 spiro atoms.